The first-order valence-electron chi connectivity index (χ1n) is 6.29. The molecule has 1 amide bonds. The first-order valence-corrected chi connectivity index (χ1v) is 7.08. The van der Waals surface area contributed by atoms with Gasteiger partial charge in [-0.1, -0.05) is 28.1 Å². The van der Waals surface area contributed by atoms with Gasteiger partial charge in [0.25, 0.3) is 0 Å². The van der Waals surface area contributed by atoms with E-state index in [-0.39, 0.29) is 5.92 Å². The zero-order valence-corrected chi connectivity index (χ0v) is 11.3. The van der Waals surface area contributed by atoms with Crippen molar-refractivity contribution in [1.29, 1.82) is 0 Å². The molecule has 2 heterocycles. The van der Waals surface area contributed by atoms with E-state index in [9.17, 15) is 4.79 Å². The number of carbonyl (C=O) groups is 1. The van der Waals surface area contributed by atoms with Crippen molar-refractivity contribution in [2.24, 2.45) is 5.92 Å². The summed E-state index contributed by atoms with van der Waals surface area (Å²) in [5.41, 5.74) is 1.27. The van der Waals surface area contributed by atoms with Crippen LogP contribution in [-0.2, 0) is 11.2 Å². The van der Waals surface area contributed by atoms with Gasteiger partial charge in [0.2, 0.25) is 5.91 Å². The molecule has 0 N–H and O–H groups in total. The van der Waals surface area contributed by atoms with E-state index >= 15 is 0 Å². The summed E-state index contributed by atoms with van der Waals surface area (Å²) >= 11 is 3.43. The summed E-state index contributed by atoms with van der Waals surface area (Å²) in [5.74, 6) is 0.608. The Morgan fingerprint density at radius 2 is 2.06 bits per heavy atom. The average molecular weight is 294 g/mol. The standard InChI is InChI=1S/C14H16BrNO/c15-12-5-3-10(4-6-12)8-11-9-13-2-1-7-16(13)14(11)17/h3-6,11,13H,1-2,7-9H2. The first kappa shape index (κ1) is 11.3. The summed E-state index contributed by atoms with van der Waals surface area (Å²) in [4.78, 5) is 14.3. The molecule has 0 bridgehead atoms. The fourth-order valence-electron chi connectivity index (χ4n) is 3.11. The van der Waals surface area contributed by atoms with Crippen LogP contribution in [0.15, 0.2) is 28.7 Å². The fraction of sp³-hybridized carbons (Fsp3) is 0.500. The molecule has 0 aliphatic carbocycles. The molecule has 1 aromatic rings. The van der Waals surface area contributed by atoms with Gasteiger partial charge >= 0.3 is 0 Å². The Morgan fingerprint density at radius 1 is 1.29 bits per heavy atom. The first-order chi connectivity index (χ1) is 8.24. The molecular formula is C14H16BrNO. The second kappa shape index (κ2) is 4.45. The molecule has 90 valence electrons. The van der Waals surface area contributed by atoms with Crippen molar-refractivity contribution in [3.8, 4) is 0 Å². The molecule has 0 radical (unpaired) electrons. The van der Waals surface area contributed by atoms with Gasteiger partial charge in [0.15, 0.2) is 0 Å². The van der Waals surface area contributed by atoms with Crippen LogP contribution in [0.3, 0.4) is 0 Å². The fourth-order valence-corrected chi connectivity index (χ4v) is 3.37. The van der Waals surface area contributed by atoms with Crippen LogP contribution in [0.1, 0.15) is 24.8 Å². The normalized spacial score (nSPS) is 27.6. The largest absolute Gasteiger partial charge is 0.339 e. The minimum absolute atomic E-state index is 0.224. The third kappa shape index (κ3) is 2.13. The van der Waals surface area contributed by atoms with Crippen LogP contribution in [0.2, 0.25) is 0 Å². The smallest absolute Gasteiger partial charge is 0.226 e. The Kier molecular flexibility index (Phi) is 2.95. The van der Waals surface area contributed by atoms with Gasteiger partial charge in [0, 0.05) is 23.0 Å². The number of rotatable bonds is 2. The predicted molar refractivity (Wildman–Crippen MR) is 70.7 cm³/mol. The molecule has 2 nitrogen and oxygen atoms in total. The lowest BCUT2D eigenvalue weighted by atomic mass is 9.95. The number of halogens is 1. The molecule has 2 aliphatic heterocycles. The molecule has 2 atom stereocenters. The van der Waals surface area contributed by atoms with Crippen molar-refractivity contribution < 1.29 is 4.79 Å². The molecule has 3 heteroatoms. The van der Waals surface area contributed by atoms with Crippen molar-refractivity contribution in [2.45, 2.75) is 31.7 Å². The minimum atomic E-state index is 0.224. The van der Waals surface area contributed by atoms with E-state index < -0.39 is 0 Å². The number of hydrogen-bond donors (Lipinski definition) is 0. The number of fused-ring (bicyclic) bond motifs is 1. The van der Waals surface area contributed by atoms with Crippen molar-refractivity contribution in [1.82, 2.24) is 4.90 Å². The monoisotopic (exact) mass is 293 g/mol. The van der Waals surface area contributed by atoms with Crippen molar-refractivity contribution >= 4 is 21.8 Å². The Hall–Kier alpha value is -0.830. The van der Waals surface area contributed by atoms with Crippen LogP contribution in [-0.4, -0.2) is 23.4 Å². The van der Waals surface area contributed by atoms with Gasteiger partial charge in [-0.05, 0) is 43.4 Å². The molecule has 2 aliphatic rings. The molecule has 1 aromatic carbocycles. The highest BCUT2D eigenvalue weighted by Gasteiger charge is 2.41. The molecule has 17 heavy (non-hydrogen) atoms. The lowest BCUT2D eigenvalue weighted by Gasteiger charge is -2.14. The summed E-state index contributed by atoms with van der Waals surface area (Å²) in [5, 5.41) is 0. The van der Waals surface area contributed by atoms with Gasteiger partial charge in [-0.25, -0.2) is 0 Å². The summed E-state index contributed by atoms with van der Waals surface area (Å²) in [7, 11) is 0. The van der Waals surface area contributed by atoms with Gasteiger partial charge in [0.1, 0.15) is 0 Å². The number of benzene rings is 1. The SMILES string of the molecule is O=C1C(Cc2ccc(Br)cc2)CC2CCCN12. The zero-order valence-electron chi connectivity index (χ0n) is 9.73. The Labute approximate surface area is 110 Å². The summed E-state index contributed by atoms with van der Waals surface area (Å²) in [6.07, 6.45) is 4.37. The highest BCUT2D eigenvalue weighted by atomic mass is 79.9. The molecule has 2 saturated heterocycles. The number of carbonyl (C=O) groups excluding carboxylic acids is 1. The topological polar surface area (TPSA) is 20.3 Å². The van der Waals surface area contributed by atoms with Gasteiger partial charge in [-0.3, -0.25) is 4.79 Å². The van der Waals surface area contributed by atoms with Crippen molar-refractivity contribution in [3.05, 3.63) is 34.3 Å². The third-order valence-electron chi connectivity index (χ3n) is 3.96. The minimum Gasteiger partial charge on any atom is -0.339 e. The van der Waals surface area contributed by atoms with Crippen LogP contribution < -0.4 is 0 Å². The van der Waals surface area contributed by atoms with Gasteiger partial charge in [-0.15, -0.1) is 0 Å². The lowest BCUT2D eigenvalue weighted by molar-refractivity contribution is -0.131. The second-order valence-corrected chi connectivity index (χ2v) is 6.01. The Morgan fingerprint density at radius 3 is 2.76 bits per heavy atom. The molecule has 0 aromatic heterocycles. The highest BCUT2D eigenvalue weighted by Crippen LogP contribution is 2.34. The van der Waals surface area contributed by atoms with E-state index in [2.05, 4.69) is 45.1 Å². The van der Waals surface area contributed by atoms with E-state index in [0.717, 1.165) is 23.9 Å². The van der Waals surface area contributed by atoms with Crippen molar-refractivity contribution in [3.63, 3.8) is 0 Å². The Balaban J connectivity index is 1.70. The predicted octanol–water partition coefficient (Wildman–Crippen LogP) is 3.00. The number of amides is 1. The maximum absolute atomic E-state index is 12.2. The molecule has 0 spiro atoms. The molecule has 2 fully saturated rings. The Bertz CT molecular complexity index is 428. The van der Waals surface area contributed by atoms with Crippen LogP contribution in [0, 0.1) is 5.92 Å². The molecule has 0 saturated carbocycles. The summed E-state index contributed by atoms with van der Waals surface area (Å²) < 4.78 is 1.10. The molecule has 2 unspecified atom stereocenters. The van der Waals surface area contributed by atoms with Crippen LogP contribution in [0.5, 0.6) is 0 Å². The van der Waals surface area contributed by atoms with Gasteiger partial charge in [-0.2, -0.15) is 0 Å². The molecular weight excluding hydrogens is 278 g/mol. The van der Waals surface area contributed by atoms with Crippen LogP contribution in [0.25, 0.3) is 0 Å². The summed E-state index contributed by atoms with van der Waals surface area (Å²) in [6, 6.07) is 8.87. The average Bonchev–Trinajstić information content (AvgIpc) is 2.87. The van der Waals surface area contributed by atoms with E-state index in [1.54, 1.807) is 0 Å². The summed E-state index contributed by atoms with van der Waals surface area (Å²) in [6.45, 7) is 0.986. The van der Waals surface area contributed by atoms with E-state index in [4.69, 9.17) is 0 Å². The van der Waals surface area contributed by atoms with E-state index in [1.807, 2.05) is 0 Å². The number of nitrogens with zero attached hydrogens (tertiary/aromatic N) is 1. The van der Waals surface area contributed by atoms with Crippen LogP contribution in [0.4, 0.5) is 0 Å². The van der Waals surface area contributed by atoms with Crippen LogP contribution >= 0.6 is 15.9 Å². The zero-order chi connectivity index (χ0) is 11.8. The molecule has 3 rings (SSSR count). The highest BCUT2D eigenvalue weighted by molar-refractivity contribution is 9.10. The number of hydrogen-bond acceptors (Lipinski definition) is 1. The second-order valence-electron chi connectivity index (χ2n) is 5.09. The van der Waals surface area contributed by atoms with Gasteiger partial charge in [0.05, 0.1) is 0 Å². The maximum Gasteiger partial charge on any atom is 0.226 e. The maximum atomic E-state index is 12.2. The van der Waals surface area contributed by atoms with E-state index in [1.165, 1.54) is 18.4 Å². The van der Waals surface area contributed by atoms with Crippen molar-refractivity contribution in [2.75, 3.05) is 6.54 Å². The van der Waals surface area contributed by atoms with Gasteiger partial charge < -0.3 is 4.90 Å². The van der Waals surface area contributed by atoms with E-state index in [0.29, 0.717) is 11.9 Å². The third-order valence-corrected chi connectivity index (χ3v) is 4.49. The lowest BCUT2D eigenvalue weighted by Crippen LogP contribution is -2.29. The quantitative estimate of drug-likeness (QED) is 0.821.